The molecule has 2 N–H and O–H groups in total. The van der Waals surface area contributed by atoms with Gasteiger partial charge in [-0.15, -0.1) is 0 Å². The molecule has 0 atom stereocenters. The molecule has 0 fully saturated rings. The number of rotatable bonds is 4. The van der Waals surface area contributed by atoms with E-state index in [0.717, 1.165) is 38.7 Å². The van der Waals surface area contributed by atoms with E-state index < -0.39 is 0 Å². The fourth-order valence-corrected chi connectivity index (χ4v) is 2.72. The van der Waals surface area contributed by atoms with Gasteiger partial charge in [0.2, 0.25) is 0 Å². The third-order valence-electron chi connectivity index (χ3n) is 3.79. The number of ether oxygens (including phenoxy) is 1. The Hall–Kier alpha value is -1.67. The van der Waals surface area contributed by atoms with Gasteiger partial charge in [-0.3, -0.25) is 0 Å². The number of hydrogen-bond acceptors (Lipinski definition) is 2. The SMILES string of the molecule is Cc1cc(Cl)c(C(C)C)cc1OCc1cccc(N)c1C. The number of aryl methyl sites for hydroxylation is 1. The maximum absolute atomic E-state index is 6.29. The van der Waals surface area contributed by atoms with Crippen LogP contribution in [0.25, 0.3) is 0 Å². The normalized spacial score (nSPS) is 11.0. The van der Waals surface area contributed by atoms with Crippen LogP contribution >= 0.6 is 11.6 Å². The Morgan fingerprint density at radius 2 is 1.90 bits per heavy atom. The Balaban J connectivity index is 2.24. The van der Waals surface area contributed by atoms with Gasteiger partial charge in [-0.25, -0.2) is 0 Å². The zero-order valence-electron chi connectivity index (χ0n) is 13.0. The Bertz CT molecular complexity index is 650. The number of nitrogens with two attached hydrogens (primary N) is 1. The number of nitrogen functional groups attached to an aromatic ring is 1. The van der Waals surface area contributed by atoms with Gasteiger partial charge in [0.1, 0.15) is 12.4 Å². The van der Waals surface area contributed by atoms with Gasteiger partial charge in [0, 0.05) is 10.7 Å². The van der Waals surface area contributed by atoms with Crippen LogP contribution in [-0.4, -0.2) is 0 Å². The lowest BCUT2D eigenvalue weighted by Gasteiger charge is -2.16. The van der Waals surface area contributed by atoms with E-state index in [4.69, 9.17) is 22.1 Å². The number of hydrogen-bond donors (Lipinski definition) is 1. The maximum Gasteiger partial charge on any atom is 0.123 e. The van der Waals surface area contributed by atoms with E-state index in [1.807, 2.05) is 44.2 Å². The second kappa shape index (κ2) is 6.40. The third-order valence-corrected chi connectivity index (χ3v) is 4.11. The summed E-state index contributed by atoms with van der Waals surface area (Å²) in [7, 11) is 0. The van der Waals surface area contributed by atoms with Crippen molar-refractivity contribution in [1.82, 2.24) is 0 Å². The van der Waals surface area contributed by atoms with Gasteiger partial charge in [-0.1, -0.05) is 37.6 Å². The molecule has 0 saturated carbocycles. The standard InChI is InChI=1S/C18H22ClNO/c1-11(2)15-9-18(12(3)8-16(15)19)21-10-14-6-5-7-17(20)13(14)4/h5-9,11H,10,20H2,1-4H3. The fourth-order valence-electron chi connectivity index (χ4n) is 2.28. The molecule has 0 aliphatic heterocycles. The van der Waals surface area contributed by atoms with Crippen molar-refractivity contribution >= 4 is 17.3 Å². The van der Waals surface area contributed by atoms with Gasteiger partial charge in [0.15, 0.2) is 0 Å². The van der Waals surface area contributed by atoms with Crippen molar-refractivity contribution in [2.24, 2.45) is 0 Å². The molecular weight excluding hydrogens is 282 g/mol. The van der Waals surface area contributed by atoms with Gasteiger partial charge in [-0.05, 0) is 60.2 Å². The lowest BCUT2D eigenvalue weighted by atomic mass is 10.0. The van der Waals surface area contributed by atoms with Crippen LogP contribution in [0.15, 0.2) is 30.3 Å². The highest BCUT2D eigenvalue weighted by atomic mass is 35.5. The highest BCUT2D eigenvalue weighted by Gasteiger charge is 2.11. The zero-order valence-corrected chi connectivity index (χ0v) is 13.8. The summed E-state index contributed by atoms with van der Waals surface area (Å²) in [5, 5.41) is 0.801. The Labute approximate surface area is 131 Å². The van der Waals surface area contributed by atoms with Crippen LogP contribution in [0.3, 0.4) is 0 Å². The molecule has 0 aliphatic carbocycles. The summed E-state index contributed by atoms with van der Waals surface area (Å²) < 4.78 is 5.99. The second-order valence-electron chi connectivity index (χ2n) is 5.71. The maximum atomic E-state index is 6.29. The van der Waals surface area contributed by atoms with E-state index >= 15 is 0 Å². The summed E-state index contributed by atoms with van der Waals surface area (Å²) >= 11 is 6.29. The highest BCUT2D eigenvalue weighted by molar-refractivity contribution is 6.31. The van der Waals surface area contributed by atoms with Gasteiger partial charge < -0.3 is 10.5 Å². The van der Waals surface area contributed by atoms with Crippen LogP contribution in [0.4, 0.5) is 5.69 Å². The minimum atomic E-state index is 0.370. The minimum Gasteiger partial charge on any atom is -0.489 e. The van der Waals surface area contributed by atoms with Crippen molar-refractivity contribution in [3.8, 4) is 5.75 Å². The molecule has 0 amide bonds. The average molecular weight is 304 g/mol. The summed E-state index contributed by atoms with van der Waals surface area (Å²) in [6.07, 6.45) is 0. The molecule has 0 spiro atoms. The number of benzene rings is 2. The summed E-state index contributed by atoms with van der Waals surface area (Å²) in [5.74, 6) is 1.25. The van der Waals surface area contributed by atoms with E-state index in [9.17, 15) is 0 Å². The van der Waals surface area contributed by atoms with Crippen LogP contribution in [0.2, 0.25) is 5.02 Å². The van der Waals surface area contributed by atoms with Crippen molar-refractivity contribution in [1.29, 1.82) is 0 Å². The monoisotopic (exact) mass is 303 g/mol. The molecule has 0 radical (unpaired) electrons. The fraction of sp³-hybridized carbons (Fsp3) is 0.333. The van der Waals surface area contributed by atoms with Crippen LogP contribution in [-0.2, 0) is 6.61 Å². The van der Waals surface area contributed by atoms with Gasteiger partial charge >= 0.3 is 0 Å². The molecule has 2 nitrogen and oxygen atoms in total. The summed E-state index contributed by atoms with van der Waals surface area (Å²) in [5.41, 5.74) is 11.1. The third kappa shape index (κ3) is 3.51. The van der Waals surface area contributed by atoms with Crippen molar-refractivity contribution in [3.05, 3.63) is 57.6 Å². The Kier molecular flexibility index (Phi) is 4.79. The molecule has 0 aromatic heterocycles. The van der Waals surface area contributed by atoms with Crippen molar-refractivity contribution in [2.75, 3.05) is 5.73 Å². The minimum absolute atomic E-state index is 0.370. The predicted octanol–water partition coefficient (Wildman–Crippen LogP) is 5.24. The first kappa shape index (κ1) is 15.7. The molecule has 0 heterocycles. The predicted molar refractivity (Wildman–Crippen MR) is 90.2 cm³/mol. The molecule has 0 aliphatic rings. The molecule has 0 unspecified atom stereocenters. The first-order chi connectivity index (χ1) is 9.90. The first-order valence-corrected chi connectivity index (χ1v) is 7.54. The summed E-state index contributed by atoms with van der Waals surface area (Å²) in [4.78, 5) is 0. The van der Waals surface area contributed by atoms with Crippen molar-refractivity contribution in [2.45, 2.75) is 40.2 Å². The molecule has 3 heteroatoms. The average Bonchev–Trinajstić information content (AvgIpc) is 2.41. The van der Waals surface area contributed by atoms with Gasteiger partial charge in [0.25, 0.3) is 0 Å². The van der Waals surface area contributed by atoms with Crippen molar-refractivity contribution in [3.63, 3.8) is 0 Å². The summed E-state index contributed by atoms with van der Waals surface area (Å²) in [6, 6.07) is 9.92. The topological polar surface area (TPSA) is 35.2 Å². The van der Waals surface area contributed by atoms with Crippen LogP contribution in [0.1, 0.15) is 42.0 Å². The smallest absolute Gasteiger partial charge is 0.123 e. The number of halogens is 1. The molecular formula is C18H22ClNO. The lowest BCUT2D eigenvalue weighted by Crippen LogP contribution is -2.02. The quantitative estimate of drug-likeness (QED) is 0.784. The lowest BCUT2D eigenvalue weighted by molar-refractivity contribution is 0.303. The molecule has 21 heavy (non-hydrogen) atoms. The molecule has 2 rings (SSSR count). The highest BCUT2D eigenvalue weighted by Crippen LogP contribution is 2.32. The Morgan fingerprint density at radius 1 is 1.19 bits per heavy atom. The zero-order chi connectivity index (χ0) is 15.6. The molecule has 0 saturated heterocycles. The summed E-state index contributed by atoms with van der Waals surface area (Å²) in [6.45, 7) is 8.79. The number of anilines is 1. The van der Waals surface area contributed by atoms with Crippen LogP contribution < -0.4 is 10.5 Å². The van der Waals surface area contributed by atoms with Crippen LogP contribution in [0, 0.1) is 13.8 Å². The van der Waals surface area contributed by atoms with E-state index in [0.29, 0.717) is 12.5 Å². The van der Waals surface area contributed by atoms with Crippen LogP contribution in [0.5, 0.6) is 5.75 Å². The van der Waals surface area contributed by atoms with E-state index in [-0.39, 0.29) is 0 Å². The molecule has 0 bridgehead atoms. The van der Waals surface area contributed by atoms with Crippen molar-refractivity contribution < 1.29 is 4.74 Å². The van der Waals surface area contributed by atoms with Gasteiger partial charge in [-0.2, -0.15) is 0 Å². The second-order valence-corrected chi connectivity index (χ2v) is 6.12. The van der Waals surface area contributed by atoms with Gasteiger partial charge in [0.05, 0.1) is 0 Å². The largest absolute Gasteiger partial charge is 0.489 e. The first-order valence-electron chi connectivity index (χ1n) is 7.17. The Morgan fingerprint density at radius 3 is 2.57 bits per heavy atom. The van der Waals surface area contributed by atoms with E-state index in [1.165, 1.54) is 0 Å². The van der Waals surface area contributed by atoms with E-state index in [2.05, 4.69) is 13.8 Å². The molecule has 2 aromatic rings. The molecule has 2 aromatic carbocycles. The molecule has 112 valence electrons. The van der Waals surface area contributed by atoms with E-state index in [1.54, 1.807) is 0 Å².